The topological polar surface area (TPSA) is 76.5 Å². The Hall–Kier alpha value is -2.67. The van der Waals surface area contributed by atoms with Crippen LogP contribution < -0.4 is 15.8 Å². The quantitative estimate of drug-likeness (QED) is 0.700. The molecule has 0 bridgehead atoms. The molecule has 1 fully saturated rings. The molecule has 1 N–H and O–H groups in total. The number of carbonyl (C=O) groups is 1. The summed E-state index contributed by atoms with van der Waals surface area (Å²) in [6, 6.07) is 11.7. The normalized spacial score (nSPS) is 14.8. The van der Waals surface area contributed by atoms with Gasteiger partial charge in [-0.2, -0.15) is 0 Å². The number of hydrogen-bond acceptors (Lipinski definition) is 5. The zero-order valence-electron chi connectivity index (χ0n) is 17.3. The standard InChI is InChI=1S/C22H30N4O3/c1-17(10-11-18-8-4-3-5-9-18)23-20(27)15-26-21(28)14-19(16-29-2)24-22(26)25-12-6-7-13-25/h3-5,8-9,14,17H,6-7,10-13,15-16H2,1-2H3,(H,23,27)/t17-/m1/s1. The van der Waals surface area contributed by atoms with Crippen molar-refractivity contribution in [1.29, 1.82) is 0 Å². The van der Waals surface area contributed by atoms with Crippen molar-refractivity contribution >= 4 is 11.9 Å². The van der Waals surface area contributed by atoms with E-state index in [0.29, 0.717) is 11.6 Å². The Balaban J connectivity index is 1.66. The lowest BCUT2D eigenvalue weighted by atomic mass is 10.1. The summed E-state index contributed by atoms with van der Waals surface area (Å²) in [6.45, 7) is 3.93. The molecule has 29 heavy (non-hydrogen) atoms. The smallest absolute Gasteiger partial charge is 0.255 e. The van der Waals surface area contributed by atoms with Crippen molar-refractivity contribution < 1.29 is 9.53 Å². The van der Waals surface area contributed by atoms with Crippen LogP contribution in [0.5, 0.6) is 0 Å². The summed E-state index contributed by atoms with van der Waals surface area (Å²) in [7, 11) is 1.58. The highest BCUT2D eigenvalue weighted by Gasteiger charge is 2.21. The lowest BCUT2D eigenvalue weighted by molar-refractivity contribution is -0.122. The van der Waals surface area contributed by atoms with Gasteiger partial charge in [-0.05, 0) is 38.2 Å². The molecular formula is C22H30N4O3. The molecule has 0 saturated carbocycles. The van der Waals surface area contributed by atoms with Crippen molar-refractivity contribution in [3.05, 3.63) is 58.0 Å². The van der Waals surface area contributed by atoms with Gasteiger partial charge in [0.05, 0.1) is 12.3 Å². The van der Waals surface area contributed by atoms with Crippen molar-refractivity contribution in [3.8, 4) is 0 Å². The fraction of sp³-hybridized carbons (Fsp3) is 0.500. The Labute approximate surface area is 171 Å². The Morgan fingerprint density at radius 1 is 1.24 bits per heavy atom. The molecule has 1 aromatic carbocycles. The predicted octanol–water partition coefficient (Wildman–Crippen LogP) is 2.13. The van der Waals surface area contributed by atoms with Crippen molar-refractivity contribution in [1.82, 2.24) is 14.9 Å². The van der Waals surface area contributed by atoms with Crippen LogP contribution in [-0.2, 0) is 29.1 Å². The first-order chi connectivity index (χ1) is 14.1. The van der Waals surface area contributed by atoms with E-state index < -0.39 is 0 Å². The number of nitrogens with zero attached hydrogens (tertiary/aromatic N) is 3. The van der Waals surface area contributed by atoms with E-state index in [1.54, 1.807) is 7.11 Å². The molecule has 1 saturated heterocycles. The fourth-order valence-corrected chi connectivity index (χ4v) is 3.63. The number of anilines is 1. The lowest BCUT2D eigenvalue weighted by Crippen LogP contribution is -2.40. The van der Waals surface area contributed by atoms with Crippen LogP contribution >= 0.6 is 0 Å². The lowest BCUT2D eigenvalue weighted by Gasteiger charge is -2.22. The van der Waals surface area contributed by atoms with Gasteiger partial charge in [-0.25, -0.2) is 4.98 Å². The molecule has 0 spiro atoms. The molecule has 0 aliphatic carbocycles. The second kappa shape index (κ2) is 10.2. The average molecular weight is 399 g/mol. The Morgan fingerprint density at radius 2 is 1.97 bits per heavy atom. The second-order valence-corrected chi connectivity index (χ2v) is 7.59. The van der Waals surface area contributed by atoms with Gasteiger partial charge in [0.2, 0.25) is 11.9 Å². The number of amides is 1. The van der Waals surface area contributed by atoms with Crippen molar-refractivity contribution in [2.75, 3.05) is 25.1 Å². The third kappa shape index (κ3) is 5.90. The summed E-state index contributed by atoms with van der Waals surface area (Å²) in [5.41, 5.74) is 1.62. The van der Waals surface area contributed by atoms with Crippen LogP contribution in [0.25, 0.3) is 0 Å². The summed E-state index contributed by atoms with van der Waals surface area (Å²) >= 11 is 0. The van der Waals surface area contributed by atoms with Crippen LogP contribution in [0.15, 0.2) is 41.2 Å². The highest BCUT2D eigenvalue weighted by Crippen LogP contribution is 2.17. The van der Waals surface area contributed by atoms with E-state index in [-0.39, 0.29) is 30.7 Å². The monoisotopic (exact) mass is 398 g/mol. The van der Waals surface area contributed by atoms with Crippen molar-refractivity contribution in [2.24, 2.45) is 0 Å². The number of aryl methyl sites for hydroxylation is 1. The first kappa shape index (κ1) is 21.0. The summed E-state index contributed by atoms with van der Waals surface area (Å²) in [6.07, 6.45) is 3.86. The number of nitrogens with one attached hydrogen (secondary N) is 1. The number of ether oxygens (including phenoxy) is 1. The van der Waals surface area contributed by atoms with E-state index in [2.05, 4.69) is 27.3 Å². The fourth-order valence-electron chi connectivity index (χ4n) is 3.63. The maximum absolute atomic E-state index is 12.7. The Kier molecular flexibility index (Phi) is 7.41. The van der Waals surface area contributed by atoms with Gasteiger partial charge in [-0.1, -0.05) is 30.3 Å². The molecule has 7 heteroatoms. The molecule has 2 aromatic rings. The SMILES string of the molecule is COCc1cc(=O)n(CC(=O)N[C@H](C)CCc2ccccc2)c(N2CCCC2)n1. The predicted molar refractivity (Wildman–Crippen MR) is 113 cm³/mol. The number of benzene rings is 1. The molecule has 1 amide bonds. The van der Waals surface area contributed by atoms with Gasteiger partial charge < -0.3 is 15.0 Å². The Bertz CT molecular complexity index is 860. The average Bonchev–Trinajstić information content (AvgIpc) is 3.24. The van der Waals surface area contributed by atoms with Gasteiger partial charge in [0.15, 0.2) is 0 Å². The minimum Gasteiger partial charge on any atom is -0.378 e. The molecule has 3 rings (SSSR count). The number of hydrogen-bond donors (Lipinski definition) is 1. The summed E-state index contributed by atoms with van der Waals surface area (Å²) < 4.78 is 6.60. The molecule has 0 unspecified atom stereocenters. The molecule has 1 aliphatic heterocycles. The van der Waals surface area contributed by atoms with Crippen LogP contribution in [-0.4, -0.2) is 41.7 Å². The zero-order chi connectivity index (χ0) is 20.6. The number of carbonyl (C=O) groups excluding carboxylic acids is 1. The first-order valence-corrected chi connectivity index (χ1v) is 10.2. The summed E-state index contributed by atoms with van der Waals surface area (Å²) in [5, 5.41) is 3.01. The highest BCUT2D eigenvalue weighted by atomic mass is 16.5. The van der Waals surface area contributed by atoms with E-state index in [4.69, 9.17) is 4.74 Å². The van der Waals surface area contributed by atoms with Crippen LogP contribution in [0.3, 0.4) is 0 Å². The minimum absolute atomic E-state index is 0.0226. The largest absolute Gasteiger partial charge is 0.378 e. The number of aromatic nitrogens is 2. The van der Waals surface area contributed by atoms with E-state index in [9.17, 15) is 9.59 Å². The molecule has 2 heterocycles. The van der Waals surface area contributed by atoms with Gasteiger partial charge in [0.1, 0.15) is 6.54 Å². The van der Waals surface area contributed by atoms with Crippen LogP contribution in [0, 0.1) is 0 Å². The third-order valence-corrected chi connectivity index (χ3v) is 5.14. The highest BCUT2D eigenvalue weighted by molar-refractivity contribution is 5.76. The van der Waals surface area contributed by atoms with Gasteiger partial charge >= 0.3 is 0 Å². The molecule has 1 aliphatic rings. The molecule has 1 atom stereocenters. The maximum atomic E-state index is 12.7. The number of methoxy groups -OCH3 is 1. The van der Waals surface area contributed by atoms with Gasteiger partial charge in [0, 0.05) is 32.3 Å². The minimum atomic E-state index is -0.221. The molecule has 0 radical (unpaired) electrons. The van der Waals surface area contributed by atoms with E-state index in [1.807, 2.05) is 25.1 Å². The van der Waals surface area contributed by atoms with Crippen molar-refractivity contribution in [3.63, 3.8) is 0 Å². The third-order valence-electron chi connectivity index (χ3n) is 5.14. The van der Waals surface area contributed by atoms with Crippen LogP contribution in [0.2, 0.25) is 0 Å². The van der Waals surface area contributed by atoms with Crippen LogP contribution in [0.1, 0.15) is 37.4 Å². The van der Waals surface area contributed by atoms with Crippen LogP contribution in [0.4, 0.5) is 5.95 Å². The van der Waals surface area contributed by atoms with Gasteiger partial charge in [-0.3, -0.25) is 14.2 Å². The molecule has 1 aromatic heterocycles. The van der Waals surface area contributed by atoms with Crippen molar-refractivity contribution in [2.45, 2.75) is 51.8 Å². The summed E-state index contributed by atoms with van der Waals surface area (Å²) in [4.78, 5) is 32.0. The second-order valence-electron chi connectivity index (χ2n) is 7.59. The Morgan fingerprint density at radius 3 is 2.66 bits per heavy atom. The van der Waals surface area contributed by atoms with E-state index in [1.165, 1.54) is 16.2 Å². The van der Waals surface area contributed by atoms with Gasteiger partial charge in [0.25, 0.3) is 5.56 Å². The molecular weight excluding hydrogens is 368 g/mol. The number of rotatable bonds is 9. The van der Waals surface area contributed by atoms with E-state index in [0.717, 1.165) is 38.8 Å². The molecule has 7 nitrogen and oxygen atoms in total. The summed E-state index contributed by atoms with van der Waals surface area (Å²) in [5.74, 6) is 0.392. The van der Waals surface area contributed by atoms with E-state index >= 15 is 0 Å². The first-order valence-electron chi connectivity index (χ1n) is 10.2. The van der Waals surface area contributed by atoms with Gasteiger partial charge in [-0.15, -0.1) is 0 Å². The zero-order valence-corrected chi connectivity index (χ0v) is 17.3. The maximum Gasteiger partial charge on any atom is 0.255 e. The molecule has 156 valence electrons.